The summed E-state index contributed by atoms with van der Waals surface area (Å²) in [7, 11) is 1.57. The quantitative estimate of drug-likeness (QED) is 0.601. The Morgan fingerprint density at radius 2 is 1.97 bits per heavy atom. The summed E-state index contributed by atoms with van der Waals surface area (Å²) in [6, 6.07) is 10.4. The van der Waals surface area contributed by atoms with Gasteiger partial charge in [-0.05, 0) is 49.2 Å². The number of fused-ring (bicyclic) bond motifs is 1. The van der Waals surface area contributed by atoms with Crippen molar-refractivity contribution in [2.24, 2.45) is 0 Å². The van der Waals surface area contributed by atoms with Crippen molar-refractivity contribution >= 4 is 29.0 Å². The number of ether oxygens (including phenoxy) is 2. The van der Waals surface area contributed by atoms with E-state index in [0.29, 0.717) is 34.4 Å². The number of benzene rings is 2. The van der Waals surface area contributed by atoms with E-state index in [1.165, 1.54) is 11.8 Å². The van der Waals surface area contributed by atoms with E-state index in [4.69, 9.17) is 21.1 Å². The van der Waals surface area contributed by atoms with Crippen LogP contribution in [0.3, 0.4) is 0 Å². The molecule has 0 spiro atoms. The Balaban J connectivity index is 1.91. The molecular weight excluding hydrogens is 406 g/mol. The number of halogens is 1. The third-order valence-corrected chi connectivity index (χ3v) is 5.36. The molecule has 2 aromatic rings. The van der Waals surface area contributed by atoms with Gasteiger partial charge < -0.3 is 19.5 Å². The van der Waals surface area contributed by atoms with Gasteiger partial charge in [-0.3, -0.25) is 9.59 Å². The highest BCUT2D eigenvalue weighted by atomic mass is 35.5. The standard InChI is InChI=1S/C23H26ClNO5/c1-4-5-10-30-20-9-6-16(11-21(20)29-3)14-25-19-8-7-17(24)12-18(19)23(28,22(25)27)13-15(2)26/h6-9,11-12,28H,4-5,10,13-14H2,1-3H3. The highest BCUT2D eigenvalue weighted by molar-refractivity contribution is 6.31. The van der Waals surface area contributed by atoms with Crippen LogP contribution in [0.2, 0.25) is 5.02 Å². The maximum Gasteiger partial charge on any atom is 0.264 e. The van der Waals surface area contributed by atoms with E-state index in [-0.39, 0.29) is 18.7 Å². The number of aliphatic hydroxyl groups is 1. The normalized spacial score (nSPS) is 17.8. The first-order valence-electron chi connectivity index (χ1n) is 9.93. The molecule has 1 amide bonds. The first-order valence-corrected chi connectivity index (χ1v) is 10.3. The molecule has 30 heavy (non-hydrogen) atoms. The topological polar surface area (TPSA) is 76.1 Å². The number of carbonyl (C=O) groups excluding carboxylic acids is 2. The zero-order valence-corrected chi connectivity index (χ0v) is 18.2. The molecule has 0 bridgehead atoms. The monoisotopic (exact) mass is 431 g/mol. The lowest BCUT2D eigenvalue weighted by molar-refractivity contribution is -0.141. The molecule has 1 aliphatic rings. The second-order valence-corrected chi connectivity index (χ2v) is 7.92. The number of nitrogens with zero attached hydrogens (tertiary/aromatic N) is 1. The van der Waals surface area contributed by atoms with Crippen LogP contribution in [-0.4, -0.2) is 30.5 Å². The minimum atomic E-state index is -1.92. The smallest absolute Gasteiger partial charge is 0.264 e. The Morgan fingerprint density at radius 3 is 2.63 bits per heavy atom. The molecule has 0 fully saturated rings. The maximum absolute atomic E-state index is 13.2. The number of Topliss-reactive ketones (excluding diaryl/α,β-unsaturated/α-hetero) is 1. The number of methoxy groups -OCH3 is 1. The van der Waals surface area contributed by atoms with Crippen LogP contribution in [0.25, 0.3) is 0 Å². The Hall–Kier alpha value is -2.57. The predicted octanol–water partition coefficient (Wildman–Crippen LogP) is 4.24. The van der Waals surface area contributed by atoms with Crippen LogP contribution in [0.1, 0.15) is 44.2 Å². The van der Waals surface area contributed by atoms with Crippen LogP contribution >= 0.6 is 11.6 Å². The number of ketones is 1. The molecule has 0 aliphatic carbocycles. The molecule has 160 valence electrons. The van der Waals surface area contributed by atoms with Crippen molar-refractivity contribution in [1.82, 2.24) is 0 Å². The summed E-state index contributed by atoms with van der Waals surface area (Å²) < 4.78 is 11.2. The minimum absolute atomic E-state index is 0.208. The summed E-state index contributed by atoms with van der Waals surface area (Å²) in [5, 5.41) is 11.5. The summed E-state index contributed by atoms with van der Waals surface area (Å²) >= 11 is 6.10. The van der Waals surface area contributed by atoms with Gasteiger partial charge in [0.1, 0.15) is 5.78 Å². The second kappa shape index (κ2) is 9.06. The minimum Gasteiger partial charge on any atom is -0.493 e. The molecule has 1 unspecified atom stereocenters. The zero-order chi connectivity index (χ0) is 21.9. The van der Waals surface area contributed by atoms with Crippen LogP contribution in [0.15, 0.2) is 36.4 Å². The van der Waals surface area contributed by atoms with Crippen LogP contribution in [0, 0.1) is 0 Å². The summed E-state index contributed by atoms with van der Waals surface area (Å²) in [6.45, 7) is 4.25. The third-order valence-electron chi connectivity index (χ3n) is 5.12. The molecule has 0 saturated carbocycles. The first-order chi connectivity index (χ1) is 14.3. The van der Waals surface area contributed by atoms with E-state index >= 15 is 0 Å². The Morgan fingerprint density at radius 1 is 1.20 bits per heavy atom. The van der Waals surface area contributed by atoms with Gasteiger partial charge in [-0.1, -0.05) is 31.0 Å². The highest BCUT2D eigenvalue weighted by Crippen LogP contribution is 2.44. The van der Waals surface area contributed by atoms with Crippen molar-refractivity contribution in [3.8, 4) is 11.5 Å². The van der Waals surface area contributed by atoms with Crippen LogP contribution in [0.4, 0.5) is 5.69 Å². The molecule has 1 heterocycles. The lowest BCUT2D eigenvalue weighted by Gasteiger charge is -2.22. The van der Waals surface area contributed by atoms with E-state index in [1.54, 1.807) is 25.3 Å². The molecule has 7 heteroatoms. The van der Waals surface area contributed by atoms with Gasteiger partial charge in [0.25, 0.3) is 5.91 Å². The van der Waals surface area contributed by atoms with Crippen LogP contribution in [-0.2, 0) is 21.7 Å². The number of hydrogen-bond acceptors (Lipinski definition) is 5. The zero-order valence-electron chi connectivity index (χ0n) is 17.4. The maximum atomic E-state index is 13.2. The summed E-state index contributed by atoms with van der Waals surface area (Å²) in [5.74, 6) is 0.388. The van der Waals surface area contributed by atoms with Crippen molar-refractivity contribution in [3.63, 3.8) is 0 Å². The molecule has 2 aromatic carbocycles. The number of rotatable bonds is 9. The Labute approximate surface area is 181 Å². The summed E-state index contributed by atoms with van der Waals surface area (Å²) in [4.78, 5) is 26.4. The van der Waals surface area contributed by atoms with Crippen molar-refractivity contribution in [1.29, 1.82) is 0 Å². The van der Waals surface area contributed by atoms with E-state index in [9.17, 15) is 14.7 Å². The molecule has 6 nitrogen and oxygen atoms in total. The lowest BCUT2D eigenvalue weighted by atomic mass is 9.90. The van der Waals surface area contributed by atoms with Gasteiger partial charge in [0.05, 0.1) is 25.9 Å². The van der Waals surface area contributed by atoms with Crippen molar-refractivity contribution in [2.45, 2.75) is 45.3 Å². The van der Waals surface area contributed by atoms with Gasteiger partial charge in [-0.2, -0.15) is 0 Å². The number of anilines is 1. The second-order valence-electron chi connectivity index (χ2n) is 7.48. The molecule has 0 saturated heterocycles. The SMILES string of the molecule is CCCCOc1ccc(CN2C(=O)C(O)(CC(C)=O)c3cc(Cl)ccc32)cc1OC. The van der Waals surface area contributed by atoms with Crippen LogP contribution in [0.5, 0.6) is 11.5 Å². The Kier molecular flexibility index (Phi) is 6.68. The van der Waals surface area contributed by atoms with Gasteiger partial charge in [0.15, 0.2) is 17.1 Å². The van der Waals surface area contributed by atoms with Gasteiger partial charge in [0.2, 0.25) is 0 Å². The van der Waals surface area contributed by atoms with E-state index in [1.807, 2.05) is 18.2 Å². The summed E-state index contributed by atoms with van der Waals surface area (Å²) in [6.07, 6.45) is 1.68. The fourth-order valence-corrected chi connectivity index (χ4v) is 3.82. The molecule has 3 rings (SSSR count). The third kappa shape index (κ3) is 4.30. The molecule has 1 atom stereocenters. The average Bonchev–Trinajstić information content (AvgIpc) is 2.90. The molecule has 1 aliphatic heterocycles. The molecule has 0 radical (unpaired) electrons. The Bertz CT molecular complexity index is 961. The van der Waals surface area contributed by atoms with E-state index in [0.717, 1.165) is 18.4 Å². The predicted molar refractivity (Wildman–Crippen MR) is 115 cm³/mol. The number of hydrogen-bond donors (Lipinski definition) is 1. The van der Waals surface area contributed by atoms with Gasteiger partial charge in [-0.15, -0.1) is 0 Å². The number of carbonyl (C=O) groups is 2. The lowest BCUT2D eigenvalue weighted by Crippen LogP contribution is -2.41. The fraction of sp³-hybridized carbons (Fsp3) is 0.391. The van der Waals surface area contributed by atoms with Gasteiger partial charge >= 0.3 is 0 Å². The van der Waals surface area contributed by atoms with E-state index in [2.05, 4.69) is 6.92 Å². The number of unbranched alkanes of at least 4 members (excludes halogenated alkanes) is 1. The molecule has 1 N–H and O–H groups in total. The van der Waals surface area contributed by atoms with Crippen molar-refractivity contribution < 1.29 is 24.2 Å². The fourth-order valence-electron chi connectivity index (χ4n) is 3.65. The van der Waals surface area contributed by atoms with Crippen molar-refractivity contribution in [3.05, 3.63) is 52.5 Å². The summed E-state index contributed by atoms with van der Waals surface area (Å²) in [5.41, 5.74) is -0.229. The van der Waals surface area contributed by atoms with E-state index < -0.39 is 11.5 Å². The first kappa shape index (κ1) is 22.1. The molecule has 0 aromatic heterocycles. The number of amides is 1. The van der Waals surface area contributed by atoms with Gasteiger partial charge in [0, 0.05) is 17.0 Å². The van der Waals surface area contributed by atoms with Crippen LogP contribution < -0.4 is 14.4 Å². The average molecular weight is 432 g/mol. The van der Waals surface area contributed by atoms with Gasteiger partial charge in [-0.25, -0.2) is 0 Å². The highest BCUT2D eigenvalue weighted by Gasteiger charge is 2.50. The largest absolute Gasteiger partial charge is 0.493 e. The molecular formula is C23H26ClNO5. The van der Waals surface area contributed by atoms with Crippen molar-refractivity contribution in [2.75, 3.05) is 18.6 Å².